The van der Waals surface area contributed by atoms with Gasteiger partial charge in [0, 0.05) is 6.07 Å². The number of aliphatic hydroxyl groups is 1. The van der Waals surface area contributed by atoms with Crippen LogP contribution in [0.4, 0.5) is 5.69 Å². The summed E-state index contributed by atoms with van der Waals surface area (Å²) in [6.07, 6.45) is 1.48. The summed E-state index contributed by atoms with van der Waals surface area (Å²) in [4.78, 5) is 3.87. The van der Waals surface area contributed by atoms with Crippen LogP contribution in [-0.4, -0.2) is 17.2 Å². The van der Waals surface area contributed by atoms with E-state index in [2.05, 4.69) is 4.98 Å². The van der Waals surface area contributed by atoms with Crippen LogP contribution in [0.1, 0.15) is 5.69 Å². The maximum atomic E-state index is 8.76. The Balaban J connectivity index is 3.06. The highest BCUT2D eigenvalue weighted by atomic mass is 16.5. The van der Waals surface area contributed by atoms with Gasteiger partial charge in [-0.1, -0.05) is 0 Å². The third-order valence-corrected chi connectivity index (χ3v) is 1.32. The summed E-state index contributed by atoms with van der Waals surface area (Å²) in [6, 6.07) is 1.62. The molecule has 0 fully saturated rings. The monoisotopic (exact) mass is 154 g/mol. The Labute approximate surface area is 64.6 Å². The molecule has 1 heterocycles. The topological polar surface area (TPSA) is 68.4 Å². The summed E-state index contributed by atoms with van der Waals surface area (Å²) in [5.41, 5.74) is 6.46. The lowest BCUT2D eigenvalue weighted by Crippen LogP contribution is -1.97. The standard InChI is InChI=1S/C7H10N2O2/c1-11-7-2-5(8)3-9-6(7)4-10/h2-3,10H,4,8H2,1H3. The van der Waals surface area contributed by atoms with E-state index in [1.807, 2.05) is 0 Å². The fourth-order valence-corrected chi connectivity index (χ4v) is 0.784. The molecule has 0 aliphatic rings. The SMILES string of the molecule is COc1cc(N)cnc1CO. The second kappa shape index (κ2) is 3.21. The van der Waals surface area contributed by atoms with E-state index in [9.17, 15) is 0 Å². The molecular formula is C7H10N2O2. The predicted molar refractivity (Wildman–Crippen MR) is 41.1 cm³/mol. The molecule has 60 valence electrons. The van der Waals surface area contributed by atoms with E-state index in [0.717, 1.165) is 0 Å². The number of hydrogen-bond donors (Lipinski definition) is 2. The Bertz CT molecular complexity index is 250. The first kappa shape index (κ1) is 7.81. The number of hydrogen-bond acceptors (Lipinski definition) is 4. The molecule has 3 N–H and O–H groups in total. The number of aromatic nitrogens is 1. The number of aliphatic hydroxyl groups excluding tert-OH is 1. The molecule has 1 rings (SSSR count). The first-order chi connectivity index (χ1) is 5.27. The molecule has 0 atom stereocenters. The molecule has 0 aromatic carbocycles. The largest absolute Gasteiger partial charge is 0.495 e. The molecule has 0 spiro atoms. The number of pyridine rings is 1. The Morgan fingerprint density at radius 1 is 1.73 bits per heavy atom. The van der Waals surface area contributed by atoms with Crippen LogP contribution in [0.3, 0.4) is 0 Å². The summed E-state index contributed by atoms with van der Waals surface area (Å²) >= 11 is 0. The Hall–Kier alpha value is -1.29. The highest BCUT2D eigenvalue weighted by Gasteiger charge is 2.01. The number of nitrogens with zero attached hydrogens (tertiary/aromatic N) is 1. The molecule has 4 nitrogen and oxygen atoms in total. The minimum absolute atomic E-state index is 0.135. The first-order valence-corrected chi connectivity index (χ1v) is 3.17. The minimum atomic E-state index is -0.135. The predicted octanol–water partition coefficient (Wildman–Crippen LogP) is 0.165. The summed E-state index contributed by atoms with van der Waals surface area (Å²) in [7, 11) is 1.51. The van der Waals surface area contributed by atoms with Gasteiger partial charge in [-0.25, -0.2) is 0 Å². The normalized spacial score (nSPS) is 9.64. The van der Waals surface area contributed by atoms with Crippen molar-refractivity contribution in [1.29, 1.82) is 0 Å². The van der Waals surface area contributed by atoms with E-state index in [4.69, 9.17) is 15.6 Å². The molecule has 11 heavy (non-hydrogen) atoms. The van der Waals surface area contributed by atoms with Crippen molar-refractivity contribution >= 4 is 5.69 Å². The van der Waals surface area contributed by atoms with Crippen molar-refractivity contribution < 1.29 is 9.84 Å². The molecular weight excluding hydrogens is 144 g/mol. The zero-order valence-corrected chi connectivity index (χ0v) is 6.24. The molecule has 0 radical (unpaired) electrons. The third kappa shape index (κ3) is 1.59. The number of ether oxygens (including phenoxy) is 1. The lowest BCUT2D eigenvalue weighted by atomic mass is 10.3. The smallest absolute Gasteiger partial charge is 0.144 e. The number of nitrogens with two attached hydrogens (primary N) is 1. The number of methoxy groups -OCH3 is 1. The van der Waals surface area contributed by atoms with Crippen LogP contribution in [0.25, 0.3) is 0 Å². The number of nitrogen functional groups attached to an aromatic ring is 1. The van der Waals surface area contributed by atoms with Crippen molar-refractivity contribution in [3.05, 3.63) is 18.0 Å². The van der Waals surface area contributed by atoms with Gasteiger partial charge in [0.2, 0.25) is 0 Å². The van der Waals surface area contributed by atoms with Crippen molar-refractivity contribution in [3.63, 3.8) is 0 Å². The Morgan fingerprint density at radius 2 is 2.45 bits per heavy atom. The molecule has 4 heteroatoms. The molecule has 0 aliphatic carbocycles. The van der Waals surface area contributed by atoms with Gasteiger partial charge in [0.05, 0.1) is 25.6 Å². The maximum Gasteiger partial charge on any atom is 0.144 e. The van der Waals surface area contributed by atoms with Crippen LogP contribution in [0, 0.1) is 0 Å². The molecule has 1 aromatic rings. The molecule has 0 saturated carbocycles. The first-order valence-electron chi connectivity index (χ1n) is 3.17. The van der Waals surface area contributed by atoms with E-state index in [-0.39, 0.29) is 6.61 Å². The second-order valence-electron chi connectivity index (χ2n) is 2.08. The molecule has 1 aromatic heterocycles. The lowest BCUT2D eigenvalue weighted by molar-refractivity contribution is 0.268. The minimum Gasteiger partial charge on any atom is -0.495 e. The van der Waals surface area contributed by atoms with E-state index in [0.29, 0.717) is 17.1 Å². The fraction of sp³-hybridized carbons (Fsp3) is 0.286. The van der Waals surface area contributed by atoms with E-state index >= 15 is 0 Å². The summed E-state index contributed by atoms with van der Waals surface area (Å²) < 4.78 is 4.91. The second-order valence-corrected chi connectivity index (χ2v) is 2.08. The Kier molecular flexibility index (Phi) is 2.28. The van der Waals surface area contributed by atoms with Gasteiger partial charge in [-0.2, -0.15) is 0 Å². The molecule has 0 aliphatic heterocycles. The van der Waals surface area contributed by atoms with Gasteiger partial charge in [-0.05, 0) is 0 Å². The number of rotatable bonds is 2. The van der Waals surface area contributed by atoms with Crippen molar-refractivity contribution in [2.45, 2.75) is 6.61 Å². The van der Waals surface area contributed by atoms with E-state index < -0.39 is 0 Å². The van der Waals surface area contributed by atoms with Gasteiger partial charge in [0.1, 0.15) is 11.4 Å². The van der Waals surface area contributed by atoms with Crippen LogP contribution >= 0.6 is 0 Å². The average Bonchev–Trinajstić information content (AvgIpc) is 2.04. The Morgan fingerprint density at radius 3 is 3.00 bits per heavy atom. The summed E-state index contributed by atoms with van der Waals surface area (Å²) in [6.45, 7) is -0.135. The fourth-order valence-electron chi connectivity index (χ4n) is 0.784. The molecule has 0 amide bonds. The van der Waals surface area contributed by atoms with Gasteiger partial charge in [0.15, 0.2) is 0 Å². The molecule has 0 bridgehead atoms. The zero-order chi connectivity index (χ0) is 8.27. The average molecular weight is 154 g/mol. The quantitative estimate of drug-likeness (QED) is 0.637. The van der Waals surface area contributed by atoms with E-state index in [1.54, 1.807) is 6.07 Å². The van der Waals surface area contributed by atoms with Crippen LogP contribution in [-0.2, 0) is 6.61 Å². The van der Waals surface area contributed by atoms with Crippen LogP contribution in [0.2, 0.25) is 0 Å². The van der Waals surface area contributed by atoms with E-state index in [1.165, 1.54) is 13.3 Å². The highest BCUT2D eigenvalue weighted by Crippen LogP contribution is 2.17. The van der Waals surface area contributed by atoms with Crippen LogP contribution < -0.4 is 10.5 Å². The zero-order valence-electron chi connectivity index (χ0n) is 6.24. The highest BCUT2D eigenvalue weighted by molar-refractivity contribution is 5.43. The van der Waals surface area contributed by atoms with Crippen molar-refractivity contribution in [2.75, 3.05) is 12.8 Å². The van der Waals surface area contributed by atoms with Crippen LogP contribution in [0.5, 0.6) is 5.75 Å². The van der Waals surface area contributed by atoms with Crippen LogP contribution in [0.15, 0.2) is 12.3 Å². The third-order valence-electron chi connectivity index (χ3n) is 1.32. The van der Waals surface area contributed by atoms with Gasteiger partial charge in [-0.3, -0.25) is 4.98 Å². The van der Waals surface area contributed by atoms with Crippen molar-refractivity contribution in [3.8, 4) is 5.75 Å². The maximum absolute atomic E-state index is 8.76. The molecule has 0 unspecified atom stereocenters. The van der Waals surface area contributed by atoms with Gasteiger partial charge in [-0.15, -0.1) is 0 Å². The molecule has 0 saturated heterocycles. The summed E-state index contributed by atoms with van der Waals surface area (Å²) in [5, 5.41) is 8.76. The van der Waals surface area contributed by atoms with Gasteiger partial charge < -0.3 is 15.6 Å². The lowest BCUT2D eigenvalue weighted by Gasteiger charge is -2.04. The van der Waals surface area contributed by atoms with Crippen molar-refractivity contribution in [2.24, 2.45) is 0 Å². The summed E-state index contributed by atoms with van der Waals surface area (Å²) in [5.74, 6) is 0.521. The number of anilines is 1. The van der Waals surface area contributed by atoms with Gasteiger partial charge >= 0.3 is 0 Å². The van der Waals surface area contributed by atoms with Gasteiger partial charge in [0.25, 0.3) is 0 Å². The van der Waals surface area contributed by atoms with Crippen molar-refractivity contribution in [1.82, 2.24) is 4.98 Å².